The SMILES string of the molecule is CC[C@H](C)[C@H](NC(=O)[C@H](CCCCN)NC(=O)[C@H](CCCN=C(N)N)NC(=O)[C@@H](N)Cc1ccc(O)cc1)C(=O)N[C@@H](CC(C)C)C(=O)N[C@@H](CC(N)=O)C(=O)N[C@@H](CC(=O)O)C(=O)N[C@@H](CC(C)C)C(=O)O. The topological polar surface area (TPSA) is 458 Å². The van der Waals surface area contributed by atoms with Crippen LogP contribution in [0.2, 0.25) is 0 Å². The highest BCUT2D eigenvalue weighted by Crippen LogP contribution is 2.15. The number of carboxylic acids is 2. The molecule has 1 aromatic carbocycles. The van der Waals surface area contributed by atoms with Gasteiger partial charge in [-0.15, -0.1) is 0 Å². The van der Waals surface area contributed by atoms with E-state index in [0.29, 0.717) is 24.8 Å². The number of carbonyl (C=O) groups excluding carboxylic acids is 8. The number of guanidine groups is 1. The van der Waals surface area contributed by atoms with Gasteiger partial charge in [-0.1, -0.05) is 60.1 Å². The number of hydrogen-bond acceptors (Lipinski definition) is 14. The van der Waals surface area contributed by atoms with Crippen molar-refractivity contribution >= 4 is 65.2 Å². The number of phenols is 1. The molecular formula is C47H79N13O13. The first kappa shape index (κ1) is 63.9. The Hall–Kier alpha value is -7.09. The minimum Gasteiger partial charge on any atom is -0.508 e. The van der Waals surface area contributed by atoms with E-state index in [9.17, 15) is 63.3 Å². The van der Waals surface area contributed by atoms with Gasteiger partial charge in [-0.25, -0.2) is 4.79 Å². The second-order valence-corrected chi connectivity index (χ2v) is 18.8. The molecule has 0 aliphatic carbocycles. The number of primary amides is 1. The maximum atomic E-state index is 14.2. The van der Waals surface area contributed by atoms with Gasteiger partial charge in [-0.2, -0.15) is 0 Å². The predicted octanol–water partition coefficient (Wildman–Crippen LogP) is -2.59. The van der Waals surface area contributed by atoms with Crippen LogP contribution in [0.3, 0.4) is 0 Å². The summed E-state index contributed by atoms with van der Waals surface area (Å²) in [5, 5.41) is 46.2. The Balaban J connectivity index is 3.47. The van der Waals surface area contributed by atoms with Gasteiger partial charge in [0.2, 0.25) is 47.3 Å². The van der Waals surface area contributed by atoms with E-state index in [0.717, 1.165) is 0 Å². The molecule has 0 fully saturated rings. The summed E-state index contributed by atoms with van der Waals surface area (Å²) in [6.45, 7) is 10.6. The first-order valence-corrected chi connectivity index (χ1v) is 24.3. The molecule has 0 bridgehead atoms. The molecule has 410 valence electrons. The molecule has 26 heteroatoms. The monoisotopic (exact) mass is 1030 g/mol. The highest BCUT2D eigenvalue weighted by molar-refractivity contribution is 5.99. The van der Waals surface area contributed by atoms with Crippen LogP contribution in [0.4, 0.5) is 0 Å². The number of hydrogen-bond donors (Lipinski definition) is 15. The van der Waals surface area contributed by atoms with Crippen LogP contribution in [0.15, 0.2) is 29.3 Å². The van der Waals surface area contributed by atoms with Crippen LogP contribution >= 0.6 is 0 Å². The molecule has 1 aromatic rings. The van der Waals surface area contributed by atoms with Gasteiger partial charge in [0.1, 0.15) is 48.0 Å². The van der Waals surface area contributed by atoms with Crippen molar-refractivity contribution in [1.82, 2.24) is 37.2 Å². The summed E-state index contributed by atoms with van der Waals surface area (Å²) in [5.41, 5.74) is 28.9. The van der Waals surface area contributed by atoms with Crippen molar-refractivity contribution in [1.29, 1.82) is 0 Å². The van der Waals surface area contributed by atoms with Gasteiger partial charge in [0.15, 0.2) is 5.96 Å². The normalized spacial score (nSPS) is 14.8. The molecule has 8 amide bonds. The number of carbonyl (C=O) groups is 10. The zero-order chi connectivity index (χ0) is 55.5. The number of aliphatic imine (C=N–C) groups is 1. The van der Waals surface area contributed by atoms with E-state index in [1.54, 1.807) is 53.7 Å². The van der Waals surface area contributed by atoms with Crippen molar-refractivity contribution in [2.45, 2.75) is 161 Å². The maximum Gasteiger partial charge on any atom is 0.326 e. The number of rotatable bonds is 35. The summed E-state index contributed by atoms with van der Waals surface area (Å²) in [5.74, 6) is -11.8. The number of aromatic hydroxyl groups is 1. The summed E-state index contributed by atoms with van der Waals surface area (Å²) < 4.78 is 0. The van der Waals surface area contributed by atoms with Crippen LogP contribution < -0.4 is 65.9 Å². The second-order valence-electron chi connectivity index (χ2n) is 18.8. The van der Waals surface area contributed by atoms with E-state index in [1.165, 1.54) is 12.1 Å². The third kappa shape index (κ3) is 25.2. The molecule has 0 spiro atoms. The molecule has 0 saturated heterocycles. The average Bonchev–Trinajstić information content (AvgIpc) is 3.29. The number of nitrogens with two attached hydrogens (primary N) is 5. The lowest BCUT2D eigenvalue weighted by atomic mass is 9.96. The van der Waals surface area contributed by atoms with Crippen molar-refractivity contribution in [3.8, 4) is 5.75 Å². The molecule has 0 aliphatic rings. The number of unbranched alkanes of at least 4 members (excludes halogenated alkanes) is 1. The van der Waals surface area contributed by atoms with E-state index in [-0.39, 0.29) is 75.2 Å². The number of carboxylic acid groups (broad SMARTS) is 2. The molecule has 0 heterocycles. The van der Waals surface area contributed by atoms with E-state index in [2.05, 4.69) is 42.2 Å². The number of amides is 8. The van der Waals surface area contributed by atoms with Gasteiger partial charge in [-0.05, 0) is 93.4 Å². The summed E-state index contributed by atoms with van der Waals surface area (Å²) >= 11 is 0. The largest absolute Gasteiger partial charge is 0.508 e. The summed E-state index contributed by atoms with van der Waals surface area (Å²) in [6.07, 6.45) is -0.448. The molecule has 0 saturated carbocycles. The summed E-state index contributed by atoms with van der Waals surface area (Å²) in [6, 6.07) is -5.44. The lowest BCUT2D eigenvalue weighted by molar-refractivity contribution is -0.144. The van der Waals surface area contributed by atoms with Crippen molar-refractivity contribution in [2.24, 2.45) is 51.4 Å². The maximum absolute atomic E-state index is 14.2. The average molecular weight is 1030 g/mol. The third-order valence-electron chi connectivity index (χ3n) is 11.4. The fraction of sp³-hybridized carbons (Fsp3) is 0.638. The van der Waals surface area contributed by atoms with Gasteiger partial charge in [0.25, 0.3) is 0 Å². The molecule has 0 aliphatic heterocycles. The van der Waals surface area contributed by atoms with Crippen molar-refractivity contribution in [3.05, 3.63) is 29.8 Å². The van der Waals surface area contributed by atoms with E-state index < -0.39 is 126 Å². The number of phenolic OH excluding ortho intramolecular Hbond substituents is 1. The van der Waals surface area contributed by atoms with Crippen molar-refractivity contribution in [3.63, 3.8) is 0 Å². The Kier molecular flexibility index (Phi) is 28.7. The van der Waals surface area contributed by atoms with Crippen LogP contribution in [-0.2, 0) is 54.4 Å². The zero-order valence-electron chi connectivity index (χ0n) is 42.6. The fourth-order valence-corrected chi connectivity index (χ4v) is 7.29. The number of benzene rings is 1. The lowest BCUT2D eigenvalue weighted by Crippen LogP contribution is -2.61. The van der Waals surface area contributed by atoms with Crippen LogP contribution in [0.1, 0.15) is 111 Å². The van der Waals surface area contributed by atoms with Crippen LogP contribution in [0.25, 0.3) is 0 Å². The molecule has 26 nitrogen and oxygen atoms in total. The van der Waals surface area contributed by atoms with Gasteiger partial charge in [-0.3, -0.25) is 48.1 Å². The molecule has 0 aromatic heterocycles. The minimum absolute atomic E-state index is 0.0144. The Bertz CT molecular complexity index is 2050. The predicted molar refractivity (Wildman–Crippen MR) is 268 cm³/mol. The highest BCUT2D eigenvalue weighted by Gasteiger charge is 2.37. The van der Waals surface area contributed by atoms with E-state index in [4.69, 9.17) is 28.7 Å². The Morgan fingerprint density at radius 3 is 1.52 bits per heavy atom. The van der Waals surface area contributed by atoms with E-state index >= 15 is 0 Å². The molecule has 1 rings (SSSR count). The van der Waals surface area contributed by atoms with Gasteiger partial charge in [0, 0.05) is 6.54 Å². The van der Waals surface area contributed by atoms with Gasteiger partial charge in [0.05, 0.1) is 18.9 Å². The number of nitrogens with one attached hydrogen (secondary N) is 7. The fourth-order valence-electron chi connectivity index (χ4n) is 7.29. The second kappa shape index (κ2) is 32.8. The third-order valence-corrected chi connectivity index (χ3v) is 11.4. The molecular weight excluding hydrogens is 955 g/mol. The standard InChI is InChI=1S/C47H79N13O13/c1-7-26(6)38(60-41(67)30(11-8-9-17-48)55-40(66)31(12-10-18-53-47(51)52)54-39(65)29(49)21-27-13-15-28(61)16-14-27)45(71)58-32(19-24(2)3)42(68)56-33(22-36(50)62)43(69)57-34(23-37(63)64)44(70)59-35(46(72)73)20-25(4)5/h13-16,24-26,29-35,38,61H,7-12,17-23,48-49H2,1-6H3,(H2,50,62)(H,54,65)(H,55,66)(H,56,68)(H,57,69)(H,58,71)(H,59,70)(H,60,67)(H,63,64)(H,72,73)(H4,51,52,53)/t26-,29-,30-,31-,32-,33-,34-,35-,38-/m0/s1. The Morgan fingerprint density at radius 1 is 0.575 bits per heavy atom. The lowest BCUT2D eigenvalue weighted by Gasteiger charge is -2.30. The number of nitrogens with zero attached hydrogens (tertiary/aromatic N) is 1. The van der Waals surface area contributed by atoms with Crippen LogP contribution in [0, 0.1) is 17.8 Å². The minimum atomic E-state index is -1.86. The summed E-state index contributed by atoms with van der Waals surface area (Å²) in [4.78, 5) is 136. The van der Waals surface area contributed by atoms with E-state index in [1.807, 2.05) is 0 Å². The first-order valence-electron chi connectivity index (χ1n) is 24.3. The molecule has 9 atom stereocenters. The van der Waals surface area contributed by atoms with Crippen molar-refractivity contribution in [2.75, 3.05) is 13.1 Å². The highest BCUT2D eigenvalue weighted by atomic mass is 16.4. The Labute approximate surface area is 425 Å². The number of aliphatic carboxylic acids is 2. The summed E-state index contributed by atoms with van der Waals surface area (Å²) in [7, 11) is 0. The molecule has 0 radical (unpaired) electrons. The smallest absolute Gasteiger partial charge is 0.326 e. The first-order chi connectivity index (χ1) is 34.2. The van der Waals surface area contributed by atoms with Gasteiger partial charge >= 0.3 is 11.9 Å². The van der Waals surface area contributed by atoms with Gasteiger partial charge < -0.3 is 81.2 Å². The van der Waals surface area contributed by atoms with Crippen molar-refractivity contribution < 1.29 is 63.3 Å². The zero-order valence-corrected chi connectivity index (χ0v) is 42.6. The van der Waals surface area contributed by atoms with Crippen LogP contribution in [0.5, 0.6) is 5.75 Å². The molecule has 20 N–H and O–H groups in total. The molecule has 73 heavy (non-hydrogen) atoms. The Morgan fingerprint density at radius 2 is 1.03 bits per heavy atom. The van der Waals surface area contributed by atoms with Crippen LogP contribution in [-0.4, -0.2) is 142 Å². The quantitative estimate of drug-likeness (QED) is 0.0188. The molecule has 0 unspecified atom stereocenters.